The van der Waals surface area contributed by atoms with Gasteiger partial charge in [-0.15, -0.1) is 0 Å². The number of fused-ring (bicyclic) bond motifs is 1. The number of carboxylic acid groups (broad SMARTS) is 1. The minimum Gasteiger partial charge on any atom is -0.486 e. The molecule has 3 rings (SSSR count). The normalized spacial score (nSPS) is 21.0. The predicted molar refractivity (Wildman–Crippen MR) is 100 cm³/mol. The van der Waals surface area contributed by atoms with Crippen molar-refractivity contribution >= 4 is 17.8 Å². The Bertz CT molecular complexity index is 763. The van der Waals surface area contributed by atoms with Gasteiger partial charge in [0.1, 0.15) is 19.3 Å². The van der Waals surface area contributed by atoms with Gasteiger partial charge < -0.3 is 25.2 Å². The van der Waals surface area contributed by atoms with Crippen LogP contribution in [0.25, 0.3) is 0 Å². The summed E-state index contributed by atoms with van der Waals surface area (Å²) in [4.78, 5) is 35.5. The molecule has 8 nitrogen and oxygen atoms in total. The van der Waals surface area contributed by atoms with Gasteiger partial charge in [-0.1, -0.05) is 19.9 Å². The van der Waals surface area contributed by atoms with Crippen molar-refractivity contribution in [1.82, 2.24) is 10.6 Å². The van der Waals surface area contributed by atoms with Crippen LogP contribution in [0.15, 0.2) is 18.2 Å². The lowest BCUT2D eigenvalue weighted by molar-refractivity contribution is -0.142. The zero-order chi connectivity index (χ0) is 20.3. The molecule has 1 aromatic rings. The Morgan fingerprint density at radius 1 is 1.18 bits per heavy atom. The first kappa shape index (κ1) is 20.0. The van der Waals surface area contributed by atoms with Crippen LogP contribution < -0.4 is 20.1 Å². The molecular weight excluding hydrogens is 364 g/mol. The van der Waals surface area contributed by atoms with Gasteiger partial charge in [-0.3, -0.25) is 9.59 Å². The van der Waals surface area contributed by atoms with Crippen LogP contribution in [-0.2, 0) is 14.4 Å². The highest BCUT2D eigenvalue weighted by Gasteiger charge is 2.44. The molecule has 2 unspecified atom stereocenters. The predicted octanol–water partition coefficient (Wildman–Crippen LogP) is 1.29. The van der Waals surface area contributed by atoms with Crippen molar-refractivity contribution in [3.63, 3.8) is 0 Å². The van der Waals surface area contributed by atoms with Crippen molar-refractivity contribution < 1.29 is 29.0 Å². The Morgan fingerprint density at radius 2 is 1.89 bits per heavy atom. The summed E-state index contributed by atoms with van der Waals surface area (Å²) in [6, 6.07) is 4.74. The fourth-order valence-electron chi connectivity index (χ4n) is 3.38. The van der Waals surface area contributed by atoms with Crippen molar-refractivity contribution in [3.8, 4) is 11.5 Å². The van der Waals surface area contributed by atoms with Crippen molar-refractivity contribution in [3.05, 3.63) is 23.8 Å². The second-order valence-electron chi connectivity index (χ2n) is 7.66. The molecule has 0 bridgehead atoms. The van der Waals surface area contributed by atoms with E-state index in [-0.39, 0.29) is 30.2 Å². The molecule has 152 valence electrons. The van der Waals surface area contributed by atoms with Gasteiger partial charge in [0.15, 0.2) is 11.5 Å². The van der Waals surface area contributed by atoms with Crippen LogP contribution in [0.5, 0.6) is 11.5 Å². The molecule has 28 heavy (non-hydrogen) atoms. The largest absolute Gasteiger partial charge is 0.486 e. The highest BCUT2D eigenvalue weighted by molar-refractivity contribution is 5.89. The summed E-state index contributed by atoms with van der Waals surface area (Å²) in [6.45, 7) is 4.58. The molecule has 1 aromatic carbocycles. The maximum atomic E-state index is 12.3. The molecule has 0 saturated heterocycles. The van der Waals surface area contributed by atoms with E-state index in [2.05, 4.69) is 10.6 Å². The van der Waals surface area contributed by atoms with Gasteiger partial charge in [-0.25, -0.2) is 4.79 Å². The minimum absolute atomic E-state index is 0.0894. The van der Waals surface area contributed by atoms with Crippen molar-refractivity contribution in [1.29, 1.82) is 0 Å². The van der Waals surface area contributed by atoms with Crippen LogP contribution in [0.3, 0.4) is 0 Å². The first-order valence-corrected chi connectivity index (χ1v) is 9.54. The Labute approximate surface area is 163 Å². The number of carbonyl (C=O) groups is 3. The molecule has 0 aromatic heterocycles. The van der Waals surface area contributed by atoms with E-state index in [4.69, 9.17) is 9.47 Å². The number of hydrogen-bond acceptors (Lipinski definition) is 5. The van der Waals surface area contributed by atoms with Gasteiger partial charge >= 0.3 is 5.97 Å². The third kappa shape index (κ3) is 4.94. The topological polar surface area (TPSA) is 114 Å². The summed E-state index contributed by atoms with van der Waals surface area (Å²) >= 11 is 0. The summed E-state index contributed by atoms with van der Waals surface area (Å²) in [6.07, 6.45) is 1.04. The second kappa shape index (κ2) is 8.50. The van der Waals surface area contributed by atoms with Crippen molar-refractivity contribution in [2.24, 2.45) is 11.8 Å². The SMILES string of the molecule is CC(C)C[C@H](NC(=O)CNC(=O)C1CC1c1ccc2c(c1)OCCO2)C(=O)O. The lowest BCUT2D eigenvalue weighted by Crippen LogP contribution is -2.46. The number of carbonyl (C=O) groups excluding carboxylic acids is 2. The number of aliphatic carboxylic acids is 1. The van der Waals surface area contributed by atoms with Crippen LogP contribution in [0.2, 0.25) is 0 Å². The molecule has 1 fully saturated rings. The zero-order valence-electron chi connectivity index (χ0n) is 16.1. The lowest BCUT2D eigenvalue weighted by Gasteiger charge is -2.19. The Morgan fingerprint density at radius 3 is 2.57 bits per heavy atom. The third-order valence-corrected chi connectivity index (χ3v) is 4.89. The van der Waals surface area contributed by atoms with E-state index < -0.39 is 17.9 Å². The van der Waals surface area contributed by atoms with Gasteiger partial charge in [-0.05, 0) is 42.4 Å². The summed E-state index contributed by atoms with van der Waals surface area (Å²) in [5.74, 6) is -0.346. The number of amides is 2. The Kier molecular flexibility index (Phi) is 6.06. The van der Waals surface area contributed by atoms with Crippen molar-refractivity contribution in [2.75, 3.05) is 19.8 Å². The average Bonchev–Trinajstić information content (AvgIpc) is 3.45. The molecule has 1 heterocycles. The van der Waals surface area contributed by atoms with E-state index in [0.717, 1.165) is 5.56 Å². The smallest absolute Gasteiger partial charge is 0.326 e. The molecule has 0 radical (unpaired) electrons. The fourth-order valence-corrected chi connectivity index (χ4v) is 3.38. The monoisotopic (exact) mass is 390 g/mol. The number of benzene rings is 1. The van der Waals surface area contributed by atoms with Crippen molar-refractivity contribution in [2.45, 2.75) is 38.6 Å². The number of nitrogens with one attached hydrogen (secondary N) is 2. The summed E-state index contributed by atoms with van der Waals surface area (Å²) < 4.78 is 11.1. The fraction of sp³-hybridized carbons (Fsp3) is 0.550. The lowest BCUT2D eigenvalue weighted by atomic mass is 10.0. The molecular formula is C20H26N2O6. The Hall–Kier alpha value is -2.77. The minimum atomic E-state index is -1.07. The number of ether oxygens (including phenoxy) is 2. The quantitative estimate of drug-likeness (QED) is 0.616. The summed E-state index contributed by atoms with van der Waals surface area (Å²) in [5.41, 5.74) is 1.01. The third-order valence-electron chi connectivity index (χ3n) is 4.89. The molecule has 1 aliphatic heterocycles. The van der Waals surface area contributed by atoms with Gasteiger partial charge in [0.25, 0.3) is 0 Å². The van der Waals surface area contributed by atoms with E-state index in [0.29, 0.717) is 37.6 Å². The Balaban J connectivity index is 1.47. The van der Waals surface area contributed by atoms with Crippen LogP contribution in [0.1, 0.15) is 38.2 Å². The van der Waals surface area contributed by atoms with E-state index >= 15 is 0 Å². The van der Waals surface area contributed by atoms with Gasteiger partial charge in [0.05, 0.1) is 6.54 Å². The number of carboxylic acids is 1. The van der Waals surface area contributed by atoms with Crippen LogP contribution in [-0.4, -0.2) is 48.7 Å². The highest BCUT2D eigenvalue weighted by Crippen LogP contribution is 2.49. The van der Waals surface area contributed by atoms with Gasteiger partial charge in [0, 0.05) is 5.92 Å². The van der Waals surface area contributed by atoms with E-state index in [1.54, 1.807) is 0 Å². The molecule has 1 saturated carbocycles. The molecule has 0 spiro atoms. The molecule has 8 heteroatoms. The molecule has 3 N–H and O–H groups in total. The number of rotatable bonds is 8. The maximum Gasteiger partial charge on any atom is 0.326 e. The summed E-state index contributed by atoms with van der Waals surface area (Å²) in [7, 11) is 0. The van der Waals surface area contributed by atoms with Crippen LogP contribution >= 0.6 is 0 Å². The average molecular weight is 390 g/mol. The standard InChI is InChI=1S/C20H26N2O6/c1-11(2)7-15(20(25)26)22-18(23)10-21-19(24)14-9-13(14)12-3-4-16-17(8-12)28-6-5-27-16/h3-4,8,11,13-15H,5-7,9-10H2,1-2H3,(H,21,24)(H,22,23)(H,25,26)/t13?,14?,15-/m0/s1. The van der Waals surface area contributed by atoms with E-state index in [1.165, 1.54) is 0 Å². The van der Waals surface area contributed by atoms with Crippen LogP contribution in [0, 0.1) is 11.8 Å². The molecule has 2 aliphatic rings. The van der Waals surface area contributed by atoms with Crippen LogP contribution in [0.4, 0.5) is 0 Å². The first-order valence-electron chi connectivity index (χ1n) is 9.54. The van der Waals surface area contributed by atoms with E-state index in [1.807, 2.05) is 32.0 Å². The molecule has 3 atom stereocenters. The zero-order valence-corrected chi connectivity index (χ0v) is 16.1. The second-order valence-corrected chi connectivity index (χ2v) is 7.66. The van der Waals surface area contributed by atoms with E-state index in [9.17, 15) is 19.5 Å². The maximum absolute atomic E-state index is 12.3. The van der Waals surface area contributed by atoms with Gasteiger partial charge in [0.2, 0.25) is 11.8 Å². The molecule has 1 aliphatic carbocycles. The number of hydrogen-bond donors (Lipinski definition) is 3. The highest BCUT2D eigenvalue weighted by atomic mass is 16.6. The first-order chi connectivity index (χ1) is 13.3. The molecule has 2 amide bonds. The summed E-state index contributed by atoms with van der Waals surface area (Å²) in [5, 5.41) is 14.2. The van der Waals surface area contributed by atoms with Gasteiger partial charge in [-0.2, -0.15) is 0 Å².